The lowest BCUT2D eigenvalue weighted by atomic mass is 10.1. The van der Waals surface area contributed by atoms with Crippen LogP contribution in [-0.2, 0) is 6.61 Å². The molecule has 0 spiro atoms. The molecule has 2 rings (SSSR count). The molecule has 0 amide bonds. The minimum Gasteiger partial charge on any atom is -0.391 e. The summed E-state index contributed by atoms with van der Waals surface area (Å²) in [5.41, 5.74) is 2.58. The van der Waals surface area contributed by atoms with Crippen molar-refractivity contribution in [2.75, 3.05) is 0 Å². The normalized spacial score (nSPS) is 10.4. The second-order valence-corrected chi connectivity index (χ2v) is 3.68. The number of rotatable bonds is 2. The van der Waals surface area contributed by atoms with Crippen molar-refractivity contribution in [2.24, 2.45) is 0 Å². The molecule has 0 bridgehead atoms. The average Bonchev–Trinajstić information content (AvgIpc) is 2.61. The van der Waals surface area contributed by atoms with Crippen molar-refractivity contribution in [1.29, 1.82) is 0 Å². The van der Waals surface area contributed by atoms with E-state index in [2.05, 4.69) is 26.1 Å². The first-order valence-corrected chi connectivity index (χ1v) is 5.01. The fourth-order valence-corrected chi connectivity index (χ4v) is 1.72. The second kappa shape index (κ2) is 3.94. The van der Waals surface area contributed by atoms with Gasteiger partial charge < -0.3 is 5.11 Å². The van der Waals surface area contributed by atoms with Gasteiger partial charge in [0.15, 0.2) is 0 Å². The van der Waals surface area contributed by atoms with E-state index in [9.17, 15) is 0 Å². The molecule has 1 aromatic heterocycles. The summed E-state index contributed by atoms with van der Waals surface area (Å²) in [7, 11) is 0. The Morgan fingerprint density at radius 1 is 1.29 bits per heavy atom. The highest BCUT2D eigenvalue weighted by atomic mass is 79.9. The van der Waals surface area contributed by atoms with Crippen LogP contribution in [0.4, 0.5) is 0 Å². The van der Waals surface area contributed by atoms with Gasteiger partial charge in [-0.3, -0.25) is 5.10 Å². The lowest BCUT2D eigenvalue weighted by molar-refractivity contribution is 0.281. The van der Waals surface area contributed by atoms with Gasteiger partial charge in [0.05, 0.1) is 12.3 Å². The maximum Gasteiger partial charge on any atom is 0.107 e. The summed E-state index contributed by atoms with van der Waals surface area (Å²) in [6, 6.07) is 9.76. The van der Waals surface area contributed by atoms with Crippen molar-refractivity contribution in [3.63, 3.8) is 0 Å². The number of hydrogen-bond donors (Lipinski definition) is 2. The largest absolute Gasteiger partial charge is 0.391 e. The quantitative estimate of drug-likeness (QED) is 0.862. The van der Waals surface area contributed by atoms with Gasteiger partial charge in [0.1, 0.15) is 4.60 Å². The maximum absolute atomic E-state index is 9.16. The van der Waals surface area contributed by atoms with Gasteiger partial charge in [-0.05, 0) is 15.9 Å². The zero-order valence-electron chi connectivity index (χ0n) is 7.37. The number of halogens is 1. The standard InChI is InChI=1S/C10H9BrN2O/c11-10-8(6-14)9(12-13-10)7-4-2-1-3-5-7/h1-5,14H,6H2,(H,12,13). The monoisotopic (exact) mass is 252 g/mol. The Bertz CT molecular complexity index is 425. The fraction of sp³-hybridized carbons (Fsp3) is 0.100. The number of H-pyrrole nitrogens is 1. The molecule has 0 saturated heterocycles. The first kappa shape index (κ1) is 9.43. The Morgan fingerprint density at radius 3 is 2.64 bits per heavy atom. The summed E-state index contributed by atoms with van der Waals surface area (Å²) >= 11 is 3.30. The lowest BCUT2D eigenvalue weighted by Gasteiger charge is -1.98. The van der Waals surface area contributed by atoms with E-state index >= 15 is 0 Å². The molecule has 0 aliphatic heterocycles. The molecule has 0 saturated carbocycles. The van der Waals surface area contributed by atoms with Crippen molar-refractivity contribution in [3.8, 4) is 11.3 Å². The van der Waals surface area contributed by atoms with Crippen LogP contribution in [0.1, 0.15) is 5.56 Å². The summed E-state index contributed by atoms with van der Waals surface area (Å²) in [6.07, 6.45) is 0. The van der Waals surface area contributed by atoms with E-state index in [1.54, 1.807) is 0 Å². The van der Waals surface area contributed by atoms with Crippen LogP contribution in [0.2, 0.25) is 0 Å². The number of aromatic amines is 1. The minimum absolute atomic E-state index is 0.0265. The number of hydrogen-bond acceptors (Lipinski definition) is 2. The smallest absolute Gasteiger partial charge is 0.107 e. The van der Waals surface area contributed by atoms with Crippen molar-refractivity contribution in [1.82, 2.24) is 10.2 Å². The molecule has 0 aliphatic carbocycles. The number of nitrogens with one attached hydrogen (secondary N) is 1. The van der Waals surface area contributed by atoms with Crippen LogP contribution in [0.3, 0.4) is 0 Å². The molecule has 1 heterocycles. The van der Waals surface area contributed by atoms with Gasteiger partial charge in [-0.1, -0.05) is 30.3 Å². The predicted octanol–water partition coefficient (Wildman–Crippen LogP) is 2.33. The third-order valence-electron chi connectivity index (χ3n) is 2.02. The van der Waals surface area contributed by atoms with Gasteiger partial charge in [-0.2, -0.15) is 5.10 Å². The van der Waals surface area contributed by atoms with Crippen LogP contribution in [0.5, 0.6) is 0 Å². The van der Waals surface area contributed by atoms with E-state index in [4.69, 9.17) is 5.11 Å². The third kappa shape index (κ3) is 1.58. The molecule has 1 aromatic carbocycles. The number of nitrogens with zero attached hydrogens (tertiary/aromatic N) is 1. The zero-order valence-corrected chi connectivity index (χ0v) is 8.95. The van der Waals surface area contributed by atoms with Crippen molar-refractivity contribution in [3.05, 3.63) is 40.5 Å². The van der Waals surface area contributed by atoms with Crippen LogP contribution in [0.15, 0.2) is 34.9 Å². The molecule has 2 aromatic rings. The van der Waals surface area contributed by atoms with Gasteiger partial charge in [-0.15, -0.1) is 0 Å². The van der Waals surface area contributed by atoms with E-state index < -0.39 is 0 Å². The molecule has 0 radical (unpaired) electrons. The number of aliphatic hydroxyl groups excluding tert-OH is 1. The predicted molar refractivity (Wildman–Crippen MR) is 57.6 cm³/mol. The molecule has 0 atom stereocenters. The van der Waals surface area contributed by atoms with Crippen LogP contribution in [0.25, 0.3) is 11.3 Å². The van der Waals surface area contributed by atoms with Gasteiger partial charge in [-0.25, -0.2) is 0 Å². The summed E-state index contributed by atoms with van der Waals surface area (Å²) in [5.74, 6) is 0. The Labute approximate surface area is 89.9 Å². The van der Waals surface area contributed by atoms with E-state index in [0.717, 1.165) is 21.4 Å². The van der Waals surface area contributed by atoms with Gasteiger partial charge in [0.2, 0.25) is 0 Å². The van der Waals surface area contributed by atoms with E-state index in [-0.39, 0.29) is 6.61 Å². The van der Waals surface area contributed by atoms with Gasteiger partial charge in [0, 0.05) is 11.1 Å². The van der Waals surface area contributed by atoms with Crippen LogP contribution in [-0.4, -0.2) is 15.3 Å². The number of aliphatic hydroxyl groups is 1. The molecular weight excluding hydrogens is 244 g/mol. The van der Waals surface area contributed by atoms with E-state index in [1.807, 2.05) is 30.3 Å². The lowest BCUT2D eigenvalue weighted by Crippen LogP contribution is -1.86. The van der Waals surface area contributed by atoms with Gasteiger partial charge >= 0.3 is 0 Å². The molecule has 0 unspecified atom stereocenters. The Kier molecular flexibility index (Phi) is 2.65. The molecule has 72 valence electrons. The highest BCUT2D eigenvalue weighted by molar-refractivity contribution is 9.10. The number of aromatic nitrogens is 2. The third-order valence-corrected chi connectivity index (χ3v) is 2.68. The van der Waals surface area contributed by atoms with Crippen molar-refractivity contribution in [2.45, 2.75) is 6.61 Å². The first-order valence-electron chi connectivity index (χ1n) is 4.22. The Hall–Kier alpha value is -1.13. The molecular formula is C10H9BrN2O. The Morgan fingerprint density at radius 2 is 2.00 bits per heavy atom. The molecule has 2 N–H and O–H groups in total. The average molecular weight is 253 g/mol. The van der Waals surface area contributed by atoms with Crippen LogP contribution in [0, 0.1) is 0 Å². The zero-order chi connectivity index (χ0) is 9.97. The van der Waals surface area contributed by atoms with E-state index in [0.29, 0.717) is 0 Å². The fourth-order valence-electron chi connectivity index (χ4n) is 1.32. The Balaban J connectivity index is 2.52. The molecule has 4 heteroatoms. The maximum atomic E-state index is 9.16. The van der Waals surface area contributed by atoms with Crippen molar-refractivity contribution < 1.29 is 5.11 Å². The number of benzene rings is 1. The summed E-state index contributed by atoms with van der Waals surface area (Å²) in [4.78, 5) is 0. The van der Waals surface area contributed by atoms with E-state index in [1.165, 1.54) is 0 Å². The van der Waals surface area contributed by atoms with Crippen LogP contribution >= 0.6 is 15.9 Å². The molecule has 0 aliphatic rings. The van der Waals surface area contributed by atoms with Gasteiger partial charge in [0.25, 0.3) is 0 Å². The first-order chi connectivity index (χ1) is 6.83. The minimum atomic E-state index is -0.0265. The van der Waals surface area contributed by atoms with Crippen LogP contribution < -0.4 is 0 Å². The SMILES string of the molecule is OCc1c(-c2ccccc2)n[nH]c1Br. The second-order valence-electron chi connectivity index (χ2n) is 2.89. The highest BCUT2D eigenvalue weighted by Gasteiger charge is 2.11. The summed E-state index contributed by atoms with van der Waals surface area (Å²) in [6.45, 7) is -0.0265. The highest BCUT2D eigenvalue weighted by Crippen LogP contribution is 2.26. The summed E-state index contributed by atoms with van der Waals surface area (Å²) < 4.78 is 0.735. The molecule has 0 fully saturated rings. The topological polar surface area (TPSA) is 48.9 Å². The van der Waals surface area contributed by atoms with Crippen molar-refractivity contribution >= 4 is 15.9 Å². The summed E-state index contributed by atoms with van der Waals surface area (Å²) in [5, 5.41) is 16.1. The molecule has 3 nitrogen and oxygen atoms in total. The molecule has 14 heavy (non-hydrogen) atoms.